The Morgan fingerprint density at radius 3 is 2.73 bits per heavy atom. The Morgan fingerprint density at radius 1 is 1.27 bits per heavy atom. The molecular weight excluding hydrogens is 324 g/mol. The smallest absolute Gasteiger partial charge is 0.222 e. The molecule has 6 nitrogen and oxygen atoms in total. The van der Waals surface area contributed by atoms with Crippen LogP contribution in [0.4, 0.5) is 0 Å². The van der Waals surface area contributed by atoms with Crippen molar-refractivity contribution in [2.75, 3.05) is 18.1 Å². The van der Waals surface area contributed by atoms with Crippen molar-refractivity contribution in [2.24, 2.45) is 0 Å². The first-order valence-electron chi connectivity index (χ1n) is 7.22. The molecular formula is C14H20N2O4S2. The summed E-state index contributed by atoms with van der Waals surface area (Å²) < 4.78 is 22.6. The molecule has 0 aliphatic carbocycles. The highest BCUT2D eigenvalue weighted by Crippen LogP contribution is 2.11. The van der Waals surface area contributed by atoms with Crippen LogP contribution in [0.15, 0.2) is 16.8 Å². The molecule has 1 aliphatic rings. The number of sulfone groups is 1. The third-order valence-corrected chi connectivity index (χ3v) is 5.99. The van der Waals surface area contributed by atoms with Crippen molar-refractivity contribution >= 4 is 33.0 Å². The van der Waals surface area contributed by atoms with Gasteiger partial charge in [-0.3, -0.25) is 9.59 Å². The van der Waals surface area contributed by atoms with Crippen LogP contribution in [0.25, 0.3) is 0 Å². The molecule has 2 N–H and O–H groups in total. The average Bonchev–Trinajstić information content (AvgIpc) is 3.06. The lowest BCUT2D eigenvalue weighted by molar-refractivity contribution is -0.122. The van der Waals surface area contributed by atoms with Gasteiger partial charge in [-0.05, 0) is 35.2 Å². The summed E-state index contributed by atoms with van der Waals surface area (Å²) in [7, 11) is -2.99. The second-order valence-electron chi connectivity index (χ2n) is 5.40. The van der Waals surface area contributed by atoms with Crippen LogP contribution >= 0.6 is 11.3 Å². The zero-order chi connectivity index (χ0) is 16.0. The van der Waals surface area contributed by atoms with Crippen molar-refractivity contribution < 1.29 is 18.0 Å². The van der Waals surface area contributed by atoms with E-state index in [0.717, 1.165) is 5.56 Å². The van der Waals surface area contributed by atoms with E-state index in [-0.39, 0.29) is 42.3 Å². The maximum absolute atomic E-state index is 11.7. The van der Waals surface area contributed by atoms with Gasteiger partial charge in [-0.1, -0.05) is 0 Å². The topological polar surface area (TPSA) is 92.3 Å². The number of rotatable bonds is 7. The van der Waals surface area contributed by atoms with Crippen LogP contribution in [0.5, 0.6) is 0 Å². The molecule has 8 heteroatoms. The third-order valence-electron chi connectivity index (χ3n) is 3.49. The molecule has 0 spiro atoms. The molecule has 0 radical (unpaired) electrons. The van der Waals surface area contributed by atoms with Gasteiger partial charge >= 0.3 is 0 Å². The lowest BCUT2D eigenvalue weighted by Gasteiger charge is -2.11. The molecule has 2 heterocycles. The second kappa shape index (κ2) is 7.73. The van der Waals surface area contributed by atoms with Gasteiger partial charge < -0.3 is 10.6 Å². The molecule has 1 aromatic rings. The molecule has 0 bridgehead atoms. The Balaban J connectivity index is 1.57. The van der Waals surface area contributed by atoms with E-state index in [1.54, 1.807) is 11.3 Å². The molecule has 0 unspecified atom stereocenters. The summed E-state index contributed by atoms with van der Waals surface area (Å²) in [6.45, 7) is 0.272. The number of hydrogen-bond acceptors (Lipinski definition) is 5. The summed E-state index contributed by atoms with van der Waals surface area (Å²) in [4.78, 5) is 23.3. The van der Waals surface area contributed by atoms with Crippen molar-refractivity contribution in [2.45, 2.75) is 31.7 Å². The van der Waals surface area contributed by atoms with E-state index >= 15 is 0 Å². The molecule has 122 valence electrons. The maximum atomic E-state index is 11.7. The third kappa shape index (κ3) is 5.76. The van der Waals surface area contributed by atoms with Gasteiger partial charge in [-0.15, -0.1) is 0 Å². The highest BCUT2D eigenvalue weighted by atomic mass is 32.2. The van der Waals surface area contributed by atoms with Crippen molar-refractivity contribution in [3.63, 3.8) is 0 Å². The van der Waals surface area contributed by atoms with Crippen LogP contribution in [0.1, 0.15) is 24.8 Å². The van der Waals surface area contributed by atoms with E-state index in [4.69, 9.17) is 0 Å². The van der Waals surface area contributed by atoms with Gasteiger partial charge in [0, 0.05) is 25.4 Å². The Bertz CT molecular complexity index is 611. The minimum atomic E-state index is -2.99. The summed E-state index contributed by atoms with van der Waals surface area (Å²) in [5, 5.41) is 9.38. The number of hydrogen-bond donors (Lipinski definition) is 2. The Morgan fingerprint density at radius 2 is 2.09 bits per heavy atom. The van der Waals surface area contributed by atoms with Gasteiger partial charge in [0.25, 0.3) is 0 Å². The van der Waals surface area contributed by atoms with Crippen LogP contribution in [0.2, 0.25) is 0 Å². The lowest BCUT2D eigenvalue weighted by Crippen LogP contribution is -2.37. The molecule has 1 fully saturated rings. The number of carbonyl (C=O) groups excluding carboxylic acids is 2. The van der Waals surface area contributed by atoms with Crippen molar-refractivity contribution in [3.05, 3.63) is 22.4 Å². The zero-order valence-corrected chi connectivity index (χ0v) is 13.8. The van der Waals surface area contributed by atoms with E-state index in [9.17, 15) is 18.0 Å². The summed E-state index contributed by atoms with van der Waals surface area (Å²) in [5.41, 5.74) is 1.14. The largest absolute Gasteiger partial charge is 0.356 e. The molecule has 2 rings (SSSR count). The fraction of sp³-hybridized carbons (Fsp3) is 0.571. The molecule has 0 saturated carbocycles. The quantitative estimate of drug-likeness (QED) is 0.753. The van der Waals surface area contributed by atoms with Crippen molar-refractivity contribution in [3.8, 4) is 0 Å². The summed E-state index contributed by atoms with van der Waals surface area (Å²) in [6, 6.07) is 1.70. The summed E-state index contributed by atoms with van der Waals surface area (Å²) in [5.74, 6) is -0.147. The highest BCUT2D eigenvalue weighted by Gasteiger charge is 2.28. The van der Waals surface area contributed by atoms with Gasteiger partial charge in [0.1, 0.15) is 0 Å². The Kier molecular flexibility index (Phi) is 5.96. The number of nitrogens with one attached hydrogen (secondary N) is 2. The van der Waals surface area contributed by atoms with E-state index in [1.165, 1.54) is 0 Å². The van der Waals surface area contributed by atoms with E-state index < -0.39 is 9.84 Å². The maximum Gasteiger partial charge on any atom is 0.222 e. The predicted molar refractivity (Wildman–Crippen MR) is 85.5 cm³/mol. The van der Waals surface area contributed by atoms with Crippen LogP contribution in [-0.2, 0) is 25.8 Å². The lowest BCUT2D eigenvalue weighted by atomic mass is 10.2. The molecule has 1 atom stereocenters. The monoisotopic (exact) mass is 344 g/mol. The first kappa shape index (κ1) is 17.0. The number of carbonyl (C=O) groups is 2. The first-order chi connectivity index (χ1) is 10.4. The van der Waals surface area contributed by atoms with Gasteiger partial charge in [-0.2, -0.15) is 11.3 Å². The highest BCUT2D eigenvalue weighted by molar-refractivity contribution is 7.91. The van der Waals surface area contributed by atoms with Crippen molar-refractivity contribution in [1.29, 1.82) is 0 Å². The van der Waals surface area contributed by atoms with E-state index in [2.05, 4.69) is 10.6 Å². The standard InChI is InChI=1S/C14H20N2O4S2/c17-13(2-1-11-4-7-21-9-11)15-6-3-14(18)16-12-5-8-22(19,20)10-12/h4,7,9,12H,1-3,5-6,8,10H2,(H,15,17)(H,16,18)/t12-/m1/s1. The van der Waals surface area contributed by atoms with Gasteiger partial charge in [0.2, 0.25) is 11.8 Å². The summed E-state index contributed by atoms with van der Waals surface area (Å²) >= 11 is 1.60. The molecule has 1 aromatic heterocycles. The average molecular weight is 344 g/mol. The molecule has 0 aromatic carbocycles. The number of amides is 2. The molecule has 22 heavy (non-hydrogen) atoms. The van der Waals surface area contributed by atoms with Crippen LogP contribution in [0.3, 0.4) is 0 Å². The van der Waals surface area contributed by atoms with Gasteiger partial charge in [-0.25, -0.2) is 8.42 Å². The van der Waals surface area contributed by atoms with Crippen molar-refractivity contribution in [1.82, 2.24) is 10.6 Å². The molecule has 1 aliphatic heterocycles. The van der Waals surface area contributed by atoms with E-state index in [0.29, 0.717) is 19.3 Å². The number of thiophene rings is 1. The minimum absolute atomic E-state index is 0.0196. The zero-order valence-electron chi connectivity index (χ0n) is 12.2. The van der Waals surface area contributed by atoms with Gasteiger partial charge in [0.05, 0.1) is 11.5 Å². The van der Waals surface area contributed by atoms with Crippen LogP contribution < -0.4 is 10.6 Å². The minimum Gasteiger partial charge on any atom is -0.356 e. The Labute approximate surface area is 134 Å². The second-order valence-corrected chi connectivity index (χ2v) is 8.41. The number of aryl methyl sites for hydroxylation is 1. The first-order valence-corrected chi connectivity index (χ1v) is 9.98. The van der Waals surface area contributed by atoms with E-state index in [1.807, 2.05) is 16.8 Å². The normalized spacial score (nSPS) is 19.7. The predicted octanol–water partition coefficient (Wildman–Crippen LogP) is 0.490. The fourth-order valence-electron chi connectivity index (χ4n) is 2.31. The van der Waals surface area contributed by atoms with Crippen LogP contribution in [-0.4, -0.2) is 44.3 Å². The Hall–Kier alpha value is -1.41. The summed E-state index contributed by atoms with van der Waals surface area (Å²) in [6.07, 6.45) is 1.74. The SMILES string of the molecule is O=C(CCc1ccsc1)NCCC(=O)N[C@@H]1CCS(=O)(=O)C1. The van der Waals surface area contributed by atoms with Crippen LogP contribution in [0, 0.1) is 0 Å². The molecule has 2 amide bonds. The molecule has 1 saturated heterocycles. The fourth-order valence-corrected chi connectivity index (χ4v) is 4.68. The van der Waals surface area contributed by atoms with Gasteiger partial charge in [0.15, 0.2) is 9.84 Å².